The van der Waals surface area contributed by atoms with Crippen LogP contribution in [0.25, 0.3) is 0 Å². The zero-order valence-electron chi connectivity index (χ0n) is 9.84. The van der Waals surface area contributed by atoms with Crippen LogP contribution < -0.4 is 10.1 Å². The summed E-state index contributed by atoms with van der Waals surface area (Å²) in [5.41, 5.74) is 0.394. The van der Waals surface area contributed by atoms with Crippen molar-refractivity contribution in [1.82, 2.24) is 0 Å². The summed E-state index contributed by atoms with van der Waals surface area (Å²) in [6.45, 7) is 2.36. The van der Waals surface area contributed by atoms with Gasteiger partial charge in [-0.3, -0.25) is 10.1 Å². The molecule has 6 nitrogen and oxygen atoms in total. The average molecular weight is 240 g/mol. The maximum Gasteiger partial charge on any atom is 0.296 e. The molecule has 1 aromatic rings. The van der Waals surface area contributed by atoms with Crippen LogP contribution in [0.15, 0.2) is 18.2 Å². The molecule has 0 fully saturated rings. The van der Waals surface area contributed by atoms with Crippen LogP contribution in [-0.2, 0) is 0 Å². The standard InChI is InChI=1S/C11H16N2O4/c1-8(7-14)6-12-10-4-3-9(17-2)5-11(10)13(15)16/h3-5,8,12,14H,6-7H2,1-2H3. The lowest BCUT2D eigenvalue weighted by Crippen LogP contribution is -2.15. The van der Waals surface area contributed by atoms with Crippen LogP contribution in [0.4, 0.5) is 11.4 Å². The number of nitro benzene ring substituents is 1. The lowest BCUT2D eigenvalue weighted by molar-refractivity contribution is -0.384. The average Bonchev–Trinajstić information content (AvgIpc) is 2.35. The van der Waals surface area contributed by atoms with Gasteiger partial charge in [-0.25, -0.2) is 0 Å². The molecule has 0 saturated heterocycles. The molecule has 17 heavy (non-hydrogen) atoms. The first kappa shape index (κ1) is 13.2. The van der Waals surface area contributed by atoms with Crippen LogP contribution in [0, 0.1) is 16.0 Å². The molecule has 0 bridgehead atoms. The van der Waals surface area contributed by atoms with Crippen molar-refractivity contribution in [2.75, 3.05) is 25.6 Å². The van der Waals surface area contributed by atoms with Crippen molar-refractivity contribution < 1.29 is 14.8 Å². The van der Waals surface area contributed by atoms with Crippen LogP contribution in [0.1, 0.15) is 6.92 Å². The summed E-state index contributed by atoms with van der Waals surface area (Å²) in [6, 6.07) is 4.62. The number of aliphatic hydroxyl groups is 1. The number of aliphatic hydroxyl groups excluding tert-OH is 1. The maximum absolute atomic E-state index is 10.9. The number of benzene rings is 1. The Labute approximate surface area is 99.4 Å². The topological polar surface area (TPSA) is 84.6 Å². The number of methoxy groups -OCH3 is 1. The minimum absolute atomic E-state index is 0.0329. The number of nitro groups is 1. The van der Waals surface area contributed by atoms with E-state index in [9.17, 15) is 10.1 Å². The van der Waals surface area contributed by atoms with Gasteiger partial charge in [0.1, 0.15) is 11.4 Å². The lowest BCUT2D eigenvalue weighted by atomic mass is 10.2. The van der Waals surface area contributed by atoms with Gasteiger partial charge in [0.05, 0.1) is 18.1 Å². The molecule has 1 aromatic carbocycles. The molecule has 0 heterocycles. The fourth-order valence-electron chi connectivity index (χ4n) is 1.29. The molecule has 94 valence electrons. The summed E-state index contributed by atoms with van der Waals surface area (Å²) in [5.74, 6) is 0.481. The lowest BCUT2D eigenvalue weighted by Gasteiger charge is -2.11. The van der Waals surface area contributed by atoms with Crippen LogP contribution in [0.3, 0.4) is 0 Å². The predicted octanol–water partition coefficient (Wildman–Crippen LogP) is 1.64. The highest BCUT2D eigenvalue weighted by molar-refractivity contribution is 5.63. The largest absolute Gasteiger partial charge is 0.496 e. The van der Waals surface area contributed by atoms with Crippen molar-refractivity contribution in [3.05, 3.63) is 28.3 Å². The molecular weight excluding hydrogens is 224 g/mol. The Hall–Kier alpha value is -1.82. The quantitative estimate of drug-likeness (QED) is 0.583. The van der Waals surface area contributed by atoms with Gasteiger partial charge in [-0.2, -0.15) is 0 Å². The second-order valence-electron chi connectivity index (χ2n) is 3.81. The number of hydrogen-bond acceptors (Lipinski definition) is 5. The second kappa shape index (κ2) is 6.05. The fraction of sp³-hybridized carbons (Fsp3) is 0.455. The van der Waals surface area contributed by atoms with Crippen LogP contribution in [0.5, 0.6) is 5.75 Å². The maximum atomic E-state index is 10.9. The molecule has 0 aliphatic carbocycles. The summed E-state index contributed by atoms with van der Waals surface area (Å²) in [6.07, 6.45) is 0. The summed E-state index contributed by atoms with van der Waals surface area (Å²) in [7, 11) is 1.46. The summed E-state index contributed by atoms with van der Waals surface area (Å²) in [5, 5.41) is 22.7. The van der Waals surface area contributed by atoms with E-state index in [0.717, 1.165) is 0 Å². The Morgan fingerprint density at radius 3 is 2.82 bits per heavy atom. The number of rotatable bonds is 6. The Kier molecular flexibility index (Phi) is 4.71. The molecule has 0 aliphatic heterocycles. The van der Waals surface area contributed by atoms with Crippen molar-refractivity contribution in [1.29, 1.82) is 0 Å². The van der Waals surface area contributed by atoms with Crippen molar-refractivity contribution in [3.8, 4) is 5.75 Å². The minimum atomic E-state index is -0.464. The highest BCUT2D eigenvalue weighted by Gasteiger charge is 2.15. The molecule has 1 rings (SSSR count). The first-order chi connectivity index (χ1) is 8.08. The van der Waals surface area contributed by atoms with Crippen molar-refractivity contribution in [2.45, 2.75) is 6.92 Å². The zero-order valence-corrected chi connectivity index (χ0v) is 9.84. The fourth-order valence-corrected chi connectivity index (χ4v) is 1.29. The van der Waals surface area contributed by atoms with Gasteiger partial charge in [0.25, 0.3) is 5.69 Å². The van der Waals surface area contributed by atoms with Gasteiger partial charge < -0.3 is 15.2 Å². The van der Waals surface area contributed by atoms with E-state index in [4.69, 9.17) is 9.84 Å². The van der Waals surface area contributed by atoms with Gasteiger partial charge in [0.15, 0.2) is 0 Å². The van der Waals surface area contributed by atoms with Crippen LogP contribution >= 0.6 is 0 Å². The molecule has 0 spiro atoms. The van der Waals surface area contributed by atoms with Crippen LogP contribution in [-0.4, -0.2) is 30.3 Å². The molecule has 6 heteroatoms. The Balaban J connectivity index is 2.87. The number of nitrogens with zero attached hydrogens (tertiary/aromatic N) is 1. The molecule has 0 amide bonds. The van der Waals surface area contributed by atoms with E-state index in [-0.39, 0.29) is 18.2 Å². The van der Waals surface area contributed by atoms with E-state index in [1.807, 2.05) is 6.92 Å². The smallest absolute Gasteiger partial charge is 0.296 e. The van der Waals surface area contributed by atoms with E-state index in [1.165, 1.54) is 13.2 Å². The zero-order chi connectivity index (χ0) is 12.8. The molecule has 1 unspecified atom stereocenters. The van der Waals surface area contributed by atoms with Crippen molar-refractivity contribution in [3.63, 3.8) is 0 Å². The molecule has 0 aliphatic rings. The molecule has 2 N–H and O–H groups in total. The van der Waals surface area contributed by atoms with Gasteiger partial charge >= 0.3 is 0 Å². The summed E-state index contributed by atoms with van der Waals surface area (Å²) >= 11 is 0. The third-order valence-corrected chi connectivity index (χ3v) is 2.35. The minimum Gasteiger partial charge on any atom is -0.496 e. The first-order valence-electron chi connectivity index (χ1n) is 5.25. The molecular formula is C11H16N2O4. The van der Waals surface area contributed by atoms with Crippen molar-refractivity contribution in [2.24, 2.45) is 5.92 Å². The number of ether oxygens (including phenoxy) is 1. The van der Waals surface area contributed by atoms with Gasteiger partial charge in [0.2, 0.25) is 0 Å². The van der Waals surface area contributed by atoms with E-state index >= 15 is 0 Å². The monoisotopic (exact) mass is 240 g/mol. The Morgan fingerprint density at radius 1 is 1.59 bits per heavy atom. The third-order valence-electron chi connectivity index (χ3n) is 2.35. The van der Waals surface area contributed by atoms with E-state index in [2.05, 4.69) is 5.32 Å². The van der Waals surface area contributed by atoms with E-state index in [1.54, 1.807) is 12.1 Å². The van der Waals surface area contributed by atoms with Crippen LogP contribution in [0.2, 0.25) is 0 Å². The highest BCUT2D eigenvalue weighted by Crippen LogP contribution is 2.28. The molecule has 0 aromatic heterocycles. The molecule has 0 radical (unpaired) electrons. The van der Waals surface area contributed by atoms with Gasteiger partial charge in [-0.1, -0.05) is 6.92 Å². The molecule has 0 saturated carbocycles. The predicted molar refractivity (Wildman–Crippen MR) is 64.4 cm³/mol. The van der Waals surface area contributed by atoms with E-state index in [0.29, 0.717) is 18.0 Å². The number of nitrogens with one attached hydrogen (secondary N) is 1. The van der Waals surface area contributed by atoms with E-state index < -0.39 is 4.92 Å². The van der Waals surface area contributed by atoms with Gasteiger partial charge in [0, 0.05) is 13.2 Å². The van der Waals surface area contributed by atoms with Crippen molar-refractivity contribution >= 4 is 11.4 Å². The second-order valence-corrected chi connectivity index (χ2v) is 3.81. The SMILES string of the molecule is COc1ccc(NCC(C)CO)c([N+](=O)[O-])c1. The van der Waals surface area contributed by atoms with Gasteiger partial charge in [-0.05, 0) is 18.1 Å². The molecule has 1 atom stereocenters. The first-order valence-corrected chi connectivity index (χ1v) is 5.25. The summed E-state index contributed by atoms with van der Waals surface area (Å²) < 4.78 is 4.93. The normalized spacial score (nSPS) is 11.9. The number of anilines is 1. The highest BCUT2D eigenvalue weighted by atomic mass is 16.6. The Morgan fingerprint density at radius 2 is 2.29 bits per heavy atom. The number of hydrogen-bond donors (Lipinski definition) is 2. The third kappa shape index (κ3) is 3.60. The van der Waals surface area contributed by atoms with Gasteiger partial charge in [-0.15, -0.1) is 0 Å². The Bertz CT molecular complexity index is 395. The summed E-state index contributed by atoms with van der Waals surface area (Å²) in [4.78, 5) is 10.4.